The molecular weight excluding hydrogens is 217 g/mol. The maximum absolute atomic E-state index is 12.4. The number of halogens is 3. The van der Waals surface area contributed by atoms with Crippen molar-refractivity contribution in [2.24, 2.45) is 0 Å². The van der Waals surface area contributed by atoms with E-state index in [1.54, 1.807) is 30.3 Å². The summed E-state index contributed by atoms with van der Waals surface area (Å²) >= 11 is 0. The highest BCUT2D eigenvalue weighted by Crippen LogP contribution is 2.26. The van der Waals surface area contributed by atoms with E-state index < -0.39 is 12.3 Å². The van der Waals surface area contributed by atoms with Crippen LogP contribution in [0, 0.1) is 0 Å². The number of hydrogen-bond acceptors (Lipinski definition) is 1. The van der Waals surface area contributed by atoms with Crippen LogP contribution in [0.1, 0.15) is 12.0 Å². The zero-order valence-corrected chi connectivity index (χ0v) is 8.70. The number of hydrogen-bond donors (Lipinski definition) is 0. The smallest absolute Gasteiger partial charge is 0.364 e. The summed E-state index contributed by atoms with van der Waals surface area (Å²) in [4.78, 5) is 0. The van der Waals surface area contributed by atoms with Gasteiger partial charge in [-0.05, 0) is 5.56 Å². The zero-order chi connectivity index (χ0) is 12.0. The van der Waals surface area contributed by atoms with Gasteiger partial charge in [-0.3, -0.25) is 0 Å². The first-order valence-electron chi connectivity index (χ1n) is 4.87. The average molecular weight is 230 g/mol. The summed E-state index contributed by atoms with van der Waals surface area (Å²) in [7, 11) is 0. The highest BCUT2D eigenvalue weighted by molar-refractivity contribution is 5.13. The van der Waals surface area contributed by atoms with Gasteiger partial charge >= 0.3 is 6.18 Å². The molecule has 0 aliphatic heterocycles. The fourth-order valence-corrected chi connectivity index (χ4v) is 1.22. The molecule has 1 aromatic rings. The monoisotopic (exact) mass is 230 g/mol. The van der Waals surface area contributed by atoms with Crippen LogP contribution in [0.3, 0.4) is 0 Å². The lowest BCUT2D eigenvalue weighted by Gasteiger charge is -2.19. The summed E-state index contributed by atoms with van der Waals surface area (Å²) in [6.45, 7) is 3.25. The first-order chi connectivity index (χ1) is 7.54. The van der Waals surface area contributed by atoms with Crippen LogP contribution in [0.25, 0.3) is 0 Å². The summed E-state index contributed by atoms with van der Waals surface area (Å²) in [6, 6.07) is 8.76. The van der Waals surface area contributed by atoms with Crippen molar-refractivity contribution in [1.29, 1.82) is 0 Å². The van der Waals surface area contributed by atoms with Gasteiger partial charge in [0.2, 0.25) is 0 Å². The Morgan fingerprint density at radius 1 is 1.25 bits per heavy atom. The molecule has 0 bridgehead atoms. The molecule has 1 atom stereocenters. The zero-order valence-electron chi connectivity index (χ0n) is 8.70. The van der Waals surface area contributed by atoms with Crippen molar-refractivity contribution in [1.82, 2.24) is 0 Å². The first-order valence-corrected chi connectivity index (χ1v) is 4.87. The highest BCUT2D eigenvalue weighted by Gasteiger charge is 2.39. The largest absolute Gasteiger partial charge is 0.414 e. The van der Waals surface area contributed by atoms with Gasteiger partial charge in [-0.15, -0.1) is 6.58 Å². The summed E-state index contributed by atoms with van der Waals surface area (Å²) in [5.74, 6) is 0. The van der Waals surface area contributed by atoms with E-state index in [4.69, 9.17) is 4.74 Å². The third-order valence-electron chi connectivity index (χ3n) is 2.04. The van der Waals surface area contributed by atoms with Crippen molar-refractivity contribution < 1.29 is 17.9 Å². The molecule has 1 nitrogen and oxygen atoms in total. The molecular formula is C12H13F3O. The van der Waals surface area contributed by atoms with Gasteiger partial charge in [-0.2, -0.15) is 13.2 Å². The van der Waals surface area contributed by atoms with Gasteiger partial charge in [0, 0.05) is 6.42 Å². The van der Waals surface area contributed by atoms with E-state index in [2.05, 4.69) is 6.58 Å². The fourth-order valence-electron chi connectivity index (χ4n) is 1.22. The molecule has 0 fully saturated rings. The van der Waals surface area contributed by atoms with E-state index in [1.807, 2.05) is 0 Å². The van der Waals surface area contributed by atoms with Gasteiger partial charge < -0.3 is 4.74 Å². The van der Waals surface area contributed by atoms with Gasteiger partial charge in [0.15, 0.2) is 6.10 Å². The maximum Gasteiger partial charge on any atom is 0.414 e. The van der Waals surface area contributed by atoms with Crippen LogP contribution in [0.2, 0.25) is 0 Å². The Morgan fingerprint density at radius 2 is 1.88 bits per heavy atom. The molecule has 0 saturated carbocycles. The molecule has 1 aromatic carbocycles. The SMILES string of the molecule is C=CC[C@@H](OCc1ccccc1)C(F)(F)F. The Balaban J connectivity index is 2.54. The standard InChI is InChI=1S/C12H13F3O/c1-2-6-11(12(13,14)15)16-9-10-7-4-3-5-8-10/h2-5,7-8,11H,1,6,9H2/t11-/m1/s1. The minimum absolute atomic E-state index is 0.0428. The Bertz CT molecular complexity index is 319. The van der Waals surface area contributed by atoms with Gasteiger partial charge in [-0.25, -0.2) is 0 Å². The van der Waals surface area contributed by atoms with Crippen LogP contribution in [0.4, 0.5) is 13.2 Å². The summed E-state index contributed by atoms with van der Waals surface area (Å²) in [6.07, 6.45) is -5.13. The number of benzene rings is 1. The maximum atomic E-state index is 12.4. The molecule has 0 heterocycles. The Kier molecular flexibility index (Phi) is 4.55. The van der Waals surface area contributed by atoms with E-state index in [9.17, 15) is 13.2 Å². The molecule has 88 valence electrons. The van der Waals surface area contributed by atoms with Crippen molar-refractivity contribution in [3.05, 3.63) is 48.6 Å². The Morgan fingerprint density at radius 3 is 2.38 bits per heavy atom. The number of alkyl halides is 3. The number of ether oxygens (including phenoxy) is 1. The Labute approximate surface area is 92.5 Å². The second kappa shape index (κ2) is 5.70. The van der Waals surface area contributed by atoms with Gasteiger partial charge in [0.1, 0.15) is 0 Å². The van der Waals surface area contributed by atoms with Crippen LogP contribution >= 0.6 is 0 Å². The minimum Gasteiger partial charge on any atom is -0.364 e. The van der Waals surface area contributed by atoms with Crippen molar-refractivity contribution >= 4 is 0 Å². The van der Waals surface area contributed by atoms with Crippen LogP contribution in [0.15, 0.2) is 43.0 Å². The predicted octanol–water partition coefficient (Wildman–Crippen LogP) is 3.71. The van der Waals surface area contributed by atoms with Gasteiger partial charge in [-0.1, -0.05) is 36.4 Å². The van der Waals surface area contributed by atoms with Crippen molar-refractivity contribution in [2.75, 3.05) is 0 Å². The molecule has 4 heteroatoms. The van der Waals surface area contributed by atoms with Crippen LogP contribution in [-0.4, -0.2) is 12.3 Å². The Hall–Kier alpha value is -1.29. The van der Waals surface area contributed by atoms with Crippen molar-refractivity contribution in [3.63, 3.8) is 0 Å². The molecule has 0 saturated heterocycles. The normalized spacial score (nSPS) is 13.4. The average Bonchev–Trinajstić information content (AvgIpc) is 2.24. The molecule has 0 aliphatic rings. The molecule has 0 amide bonds. The van der Waals surface area contributed by atoms with E-state index in [0.717, 1.165) is 5.56 Å². The lowest BCUT2D eigenvalue weighted by Crippen LogP contribution is -2.31. The fraction of sp³-hybridized carbons (Fsp3) is 0.333. The van der Waals surface area contributed by atoms with E-state index in [-0.39, 0.29) is 13.0 Å². The lowest BCUT2D eigenvalue weighted by molar-refractivity contribution is -0.222. The first kappa shape index (κ1) is 12.8. The van der Waals surface area contributed by atoms with E-state index in [0.29, 0.717) is 0 Å². The van der Waals surface area contributed by atoms with Crippen molar-refractivity contribution in [3.8, 4) is 0 Å². The quantitative estimate of drug-likeness (QED) is 0.700. The van der Waals surface area contributed by atoms with Gasteiger partial charge in [0.05, 0.1) is 6.61 Å². The molecule has 16 heavy (non-hydrogen) atoms. The van der Waals surface area contributed by atoms with Crippen LogP contribution in [-0.2, 0) is 11.3 Å². The van der Waals surface area contributed by atoms with Gasteiger partial charge in [0.25, 0.3) is 0 Å². The topological polar surface area (TPSA) is 9.23 Å². The molecule has 0 aromatic heterocycles. The number of rotatable bonds is 5. The molecule has 0 radical (unpaired) electrons. The second-order valence-corrected chi connectivity index (χ2v) is 3.35. The summed E-state index contributed by atoms with van der Waals surface area (Å²) in [5, 5.41) is 0. The minimum atomic E-state index is -4.34. The molecule has 0 N–H and O–H groups in total. The molecule has 0 aliphatic carbocycles. The molecule has 0 unspecified atom stereocenters. The molecule has 0 spiro atoms. The van der Waals surface area contributed by atoms with Crippen LogP contribution in [0.5, 0.6) is 0 Å². The lowest BCUT2D eigenvalue weighted by atomic mass is 10.2. The summed E-state index contributed by atoms with van der Waals surface area (Å²) in [5.41, 5.74) is 0.723. The third kappa shape index (κ3) is 4.06. The third-order valence-corrected chi connectivity index (χ3v) is 2.04. The predicted molar refractivity (Wildman–Crippen MR) is 55.9 cm³/mol. The second-order valence-electron chi connectivity index (χ2n) is 3.35. The van der Waals surface area contributed by atoms with Crippen LogP contribution < -0.4 is 0 Å². The van der Waals surface area contributed by atoms with E-state index in [1.165, 1.54) is 6.08 Å². The highest BCUT2D eigenvalue weighted by atomic mass is 19.4. The van der Waals surface area contributed by atoms with E-state index >= 15 is 0 Å². The summed E-state index contributed by atoms with van der Waals surface area (Å²) < 4.78 is 42.1. The van der Waals surface area contributed by atoms with Crippen molar-refractivity contribution in [2.45, 2.75) is 25.3 Å². The molecule has 1 rings (SSSR count).